The third kappa shape index (κ3) is 2.98. The number of carbonyl (C=O) groups is 1. The Balaban J connectivity index is 2.20. The quantitative estimate of drug-likeness (QED) is 0.858. The zero-order valence-electron chi connectivity index (χ0n) is 8.71. The van der Waals surface area contributed by atoms with Gasteiger partial charge in [0.25, 0.3) is 0 Å². The first kappa shape index (κ1) is 11.9. The minimum atomic E-state index is -0.832. The molecule has 0 spiro atoms. The van der Waals surface area contributed by atoms with E-state index in [2.05, 4.69) is 9.36 Å². The molecule has 2 aromatic rings. The maximum atomic E-state index is 10.4. The number of nitrogens with zero attached hydrogens (tertiary/aromatic N) is 3. The smallest absolute Gasteiger partial charge is 0.309 e. The molecule has 0 atom stereocenters. The maximum absolute atomic E-state index is 10.4. The summed E-state index contributed by atoms with van der Waals surface area (Å²) in [5.74, 6) is -0.832. The fraction of sp³-hybridized carbons (Fsp3) is 0.200. The monoisotopic (exact) mass is 270 g/mol. The number of aliphatic carboxylic acids is 1. The molecule has 5 nitrogen and oxygen atoms in total. The van der Waals surface area contributed by atoms with Crippen molar-refractivity contribution >= 4 is 29.1 Å². The van der Waals surface area contributed by atoms with Crippen LogP contribution >= 0.6 is 23.1 Å². The molecule has 0 aliphatic heterocycles. The van der Waals surface area contributed by atoms with Crippen LogP contribution < -0.4 is 4.57 Å². The second-order valence-corrected chi connectivity index (χ2v) is 4.52. The molecule has 2 aromatic heterocycles. The van der Waals surface area contributed by atoms with Crippen LogP contribution in [0.4, 0.5) is 0 Å². The molecule has 88 valence electrons. The van der Waals surface area contributed by atoms with Crippen LogP contribution in [-0.4, -0.2) is 20.4 Å². The fourth-order valence-electron chi connectivity index (χ4n) is 1.34. The van der Waals surface area contributed by atoms with Crippen molar-refractivity contribution < 1.29 is 14.5 Å². The molecule has 0 saturated heterocycles. The Morgan fingerprint density at radius 1 is 1.59 bits per heavy atom. The van der Waals surface area contributed by atoms with Gasteiger partial charge in [0.2, 0.25) is 0 Å². The molecule has 0 aliphatic carbocycles. The normalized spacial score (nSPS) is 10.4. The Morgan fingerprint density at radius 3 is 3.00 bits per heavy atom. The van der Waals surface area contributed by atoms with E-state index in [0.717, 1.165) is 10.6 Å². The van der Waals surface area contributed by atoms with Gasteiger partial charge in [-0.15, -0.1) is 0 Å². The summed E-state index contributed by atoms with van der Waals surface area (Å²) in [6, 6.07) is 1.81. The largest absolute Gasteiger partial charge is 0.481 e. The highest BCUT2D eigenvalue weighted by Gasteiger charge is 2.12. The van der Waals surface area contributed by atoms with Crippen LogP contribution in [0.2, 0.25) is 5.02 Å². The van der Waals surface area contributed by atoms with Gasteiger partial charge in [-0.25, -0.2) is 9.55 Å². The molecule has 7 heteroatoms. The molecule has 0 aromatic carbocycles. The summed E-state index contributed by atoms with van der Waals surface area (Å²) in [6.45, 7) is 0.394. The lowest BCUT2D eigenvalue weighted by Crippen LogP contribution is -2.34. The predicted octanol–water partition coefficient (Wildman–Crippen LogP) is 1.62. The number of hydrogen-bond donors (Lipinski definition) is 1. The van der Waals surface area contributed by atoms with Gasteiger partial charge in [0, 0.05) is 11.6 Å². The Labute approximate surface area is 106 Å². The topological polar surface area (TPSA) is 67.0 Å². The lowest BCUT2D eigenvalue weighted by Gasteiger charge is -1.99. The number of pyridine rings is 1. The van der Waals surface area contributed by atoms with Crippen LogP contribution in [0.25, 0.3) is 10.6 Å². The van der Waals surface area contributed by atoms with E-state index in [4.69, 9.17) is 16.7 Å². The van der Waals surface area contributed by atoms with Crippen LogP contribution in [0.5, 0.6) is 0 Å². The first-order valence-electron chi connectivity index (χ1n) is 4.84. The molecule has 0 fully saturated rings. The molecule has 0 saturated carbocycles. The van der Waals surface area contributed by atoms with Gasteiger partial charge in [0.1, 0.15) is 22.8 Å². The molecule has 0 unspecified atom stereocenters. The van der Waals surface area contributed by atoms with Gasteiger partial charge in [-0.05, 0) is 11.5 Å². The molecule has 2 heterocycles. The number of hydrogen-bond acceptors (Lipinski definition) is 4. The second kappa shape index (κ2) is 5.20. The lowest BCUT2D eigenvalue weighted by atomic mass is 10.3. The van der Waals surface area contributed by atoms with E-state index in [0.29, 0.717) is 11.6 Å². The summed E-state index contributed by atoms with van der Waals surface area (Å²) in [5, 5.41) is 9.87. The summed E-state index contributed by atoms with van der Waals surface area (Å²) in [5.41, 5.74) is 0.806. The predicted molar refractivity (Wildman–Crippen MR) is 62.8 cm³/mol. The molecule has 0 aliphatic rings. The minimum absolute atomic E-state index is 0.0686. The highest BCUT2D eigenvalue weighted by Crippen LogP contribution is 2.26. The Morgan fingerprint density at radius 2 is 2.41 bits per heavy atom. The average molecular weight is 271 g/mol. The van der Waals surface area contributed by atoms with Gasteiger partial charge >= 0.3 is 5.97 Å². The number of halogens is 1. The van der Waals surface area contributed by atoms with Gasteiger partial charge in [0.05, 0.1) is 0 Å². The molecular weight excluding hydrogens is 262 g/mol. The number of aryl methyl sites for hydroxylation is 1. The van der Waals surface area contributed by atoms with Gasteiger partial charge in [-0.1, -0.05) is 11.6 Å². The summed E-state index contributed by atoms with van der Waals surface area (Å²) in [4.78, 5) is 14.5. The molecule has 0 bridgehead atoms. The van der Waals surface area contributed by atoms with Gasteiger partial charge in [-0.3, -0.25) is 4.79 Å². The number of carboxylic acids is 1. The first-order chi connectivity index (χ1) is 8.16. The third-order valence-corrected chi connectivity index (χ3v) is 3.14. The van der Waals surface area contributed by atoms with E-state index in [1.807, 2.05) is 6.07 Å². The standard InChI is InChI=1S/C10H8ClN3O2S/c11-8-5-14(4-2-9(15)16)3-1-7(8)10-12-6-13-17-10/h1,3,5-6H,2,4H2/p+1. The van der Waals surface area contributed by atoms with Crippen LogP contribution in [0.3, 0.4) is 0 Å². The van der Waals surface area contributed by atoms with Crippen molar-refractivity contribution in [1.29, 1.82) is 0 Å². The highest BCUT2D eigenvalue weighted by molar-refractivity contribution is 7.09. The van der Waals surface area contributed by atoms with Crippen molar-refractivity contribution in [2.45, 2.75) is 13.0 Å². The number of aromatic nitrogens is 3. The van der Waals surface area contributed by atoms with Crippen LogP contribution in [0, 0.1) is 0 Å². The lowest BCUT2D eigenvalue weighted by molar-refractivity contribution is -0.695. The Kier molecular flexibility index (Phi) is 3.65. The van der Waals surface area contributed by atoms with Gasteiger partial charge < -0.3 is 5.11 Å². The summed E-state index contributed by atoms with van der Waals surface area (Å²) in [7, 11) is 0. The van der Waals surface area contributed by atoms with Crippen LogP contribution in [0.15, 0.2) is 24.8 Å². The van der Waals surface area contributed by atoms with E-state index < -0.39 is 5.97 Å². The van der Waals surface area contributed by atoms with E-state index in [9.17, 15) is 4.79 Å². The fourth-order valence-corrected chi connectivity index (χ4v) is 2.24. The van der Waals surface area contributed by atoms with Crippen molar-refractivity contribution in [3.63, 3.8) is 0 Å². The zero-order chi connectivity index (χ0) is 12.3. The van der Waals surface area contributed by atoms with Crippen molar-refractivity contribution in [1.82, 2.24) is 9.36 Å². The van der Waals surface area contributed by atoms with Crippen molar-refractivity contribution in [2.24, 2.45) is 0 Å². The number of rotatable bonds is 4. The molecule has 2 rings (SSSR count). The van der Waals surface area contributed by atoms with Crippen molar-refractivity contribution in [2.75, 3.05) is 0 Å². The molecule has 1 N–H and O–H groups in total. The third-order valence-electron chi connectivity index (χ3n) is 2.14. The maximum Gasteiger partial charge on any atom is 0.309 e. The minimum Gasteiger partial charge on any atom is -0.481 e. The summed E-state index contributed by atoms with van der Waals surface area (Å²) >= 11 is 7.37. The second-order valence-electron chi connectivity index (χ2n) is 3.33. The summed E-state index contributed by atoms with van der Waals surface area (Å²) in [6.07, 6.45) is 5.02. The van der Waals surface area contributed by atoms with Crippen LogP contribution in [-0.2, 0) is 11.3 Å². The zero-order valence-corrected chi connectivity index (χ0v) is 10.3. The molecule has 0 amide bonds. The average Bonchev–Trinajstić information content (AvgIpc) is 2.79. The number of carboxylic acid groups (broad SMARTS) is 1. The van der Waals surface area contributed by atoms with E-state index in [-0.39, 0.29) is 6.42 Å². The van der Waals surface area contributed by atoms with Crippen molar-refractivity contribution in [3.05, 3.63) is 29.8 Å². The van der Waals surface area contributed by atoms with E-state index >= 15 is 0 Å². The SMILES string of the molecule is O=C(O)CC[n+]1ccc(-c2ncns2)c(Cl)c1. The summed E-state index contributed by atoms with van der Waals surface area (Å²) < 4.78 is 5.65. The van der Waals surface area contributed by atoms with Crippen LogP contribution in [0.1, 0.15) is 6.42 Å². The van der Waals surface area contributed by atoms with E-state index in [1.165, 1.54) is 17.9 Å². The van der Waals surface area contributed by atoms with E-state index in [1.54, 1.807) is 17.0 Å². The molecular formula is C10H9ClN3O2S+. The van der Waals surface area contributed by atoms with Gasteiger partial charge in [-0.2, -0.15) is 4.37 Å². The van der Waals surface area contributed by atoms with Crippen molar-refractivity contribution in [3.8, 4) is 10.6 Å². The molecule has 0 radical (unpaired) electrons. The Bertz CT molecular complexity index is 530. The molecule has 17 heavy (non-hydrogen) atoms. The van der Waals surface area contributed by atoms with Gasteiger partial charge in [0.15, 0.2) is 18.9 Å². The Hall–Kier alpha value is -1.53. The highest BCUT2D eigenvalue weighted by atomic mass is 35.5. The first-order valence-corrected chi connectivity index (χ1v) is 5.99.